The Morgan fingerprint density at radius 1 is 1.30 bits per heavy atom. The standard InChI is InChI=1S/C21H26BrN3O5/c1-10-5-4-6-11(2)15(10)24-19(28)17-21-9-12(22)16(30-21)13(18(27)23-3)14(21)20(29)25(17)7-8-26/h4-6,12-14,16-17,26H,7-9H2,1-3H3,(H,23,27)(H,24,28)/t12?,13-,14-,16-,17?,21?/m0/s1. The number of rotatable bonds is 5. The highest BCUT2D eigenvalue weighted by Gasteiger charge is 2.76. The number of aliphatic hydroxyl groups excluding tert-OH is 1. The number of para-hydroxylation sites is 1. The van der Waals surface area contributed by atoms with Crippen LogP contribution in [0.4, 0.5) is 5.69 Å². The third-order valence-electron chi connectivity index (χ3n) is 6.66. The zero-order valence-electron chi connectivity index (χ0n) is 17.1. The van der Waals surface area contributed by atoms with Gasteiger partial charge in [0, 0.05) is 24.1 Å². The summed E-state index contributed by atoms with van der Waals surface area (Å²) in [6.45, 7) is 3.53. The molecule has 0 aliphatic carbocycles. The fraction of sp³-hybridized carbons (Fsp3) is 0.571. The molecule has 3 aliphatic rings. The summed E-state index contributed by atoms with van der Waals surface area (Å²) in [6.07, 6.45) is -0.0420. The van der Waals surface area contributed by atoms with Crippen LogP contribution in [0.15, 0.2) is 18.2 Å². The van der Waals surface area contributed by atoms with Gasteiger partial charge in [-0.2, -0.15) is 0 Å². The molecular weight excluding hydrogens is 454 g/mol. The van der Waals surface area contributed by atoms with Crippen LogP contribution in [0.5, 0.6) is 0 Å². The first kappa shape index (κ1) is 21.3. The van der Waals surface area contributed by atoms with E-state index in [1.165, 1.54) is 11.9 Å². The normalized spacial score (nSPS) is 34.2. The zero-order chi connectivity index (χ0) is 21.8. The number of benzene rings is 1. The van der Waals surface area contributed by atoms with Gasteiger partial charge in [0.15, 0.2) is 0 Å². The molecular formula is C21H26BrN3O5. The average Bonchev–Trinajstić information content (AvgIpc) is 3.28. The summed E-state index contributed by atoms with van der Waals surface area (Å²) in [4.78, 5) is 40.8. The van der Waals surface area contributed by atoms with Gasteiger partial charge in [-0.25, -0.2) is 0 Å². The van der Waals surface area contributed by atoms with Gasteiger partial charge in [0.25, 0.3) is 0 Å². The fourth-order valence-corrected chi connectivity index (χ4v) is 6.39. The number of fused-ring (bicyclic) bond motifs is 1. The van der Waals surface area contributed by atoms with Gasteiger partial charge in [-0.05, 0) is 31.4 Å². The van der Waals surface area contributed by atoms with E-state index in [2.05, 4.69) is 26.6 Å². The van der Waals surface area contributed by atoms with Crippen LogP contribution >= 0.6 is 15.9 Å². The molecule has 162 valence electrons. The number of amides is 3. The van der Waals surface area contributed by atoms with E-state index in [1.807, 2.05) is 32.0 Å². The minimum Gasteiger partial charge on any atom is -0.395 e. The van der Waals surface area contributed by atoms with Gasteiger partial charge in [0.05, 0.1) is 24.5 Å². The SMILES string of the molecule is CNC(=O)[C@H]1[C@H]2C(=O)N(CCO)C(C(=O)Nc3c(C)cccc3C)C23CC(Br)[C@@H]1O3. The Kier molecular flexibility index (Phi) is 5.40. The summed E-state index contributed by atoms with van der Waals surface area (Å²) in [5, 5.41) is 15.2. The van der Waals surface area contributed by atoms with E-state index in [-0.39, 0.29) is 35.7 Å². The Labute approximate surface area is 183 Å². The number of nitrogens with one attached hydrogen (secondary N) is 2. The van der Waals surface area contributed by atoms with E-state index in [9.17, 15) is 19.5 Å². The molecule has 3 fully saturated rings. The highest BCUT2D eigenvalue weighted by atomic mass is 79.9. The Balaban J connectivity index is 1.75. The second-order valence-electron chi connectivity index (χ2n) is 8.29. The number of nitrogens with zero attached hydrogens (tertiary/aromatic N) is 1. The lowest BCUT2D eigenvalue weighted by molar-refractivity contribution is -0.141. The number of ether oxygens (including phenoxy) is 1. The monoisotopic (exact) mass is 479 g/mol. The maximum absolute atomic E-state index is 13.5. The van der Waals surface area contributed by atoms with E-state index >= 15 is 0 Å². The third kappa shape index (κ3) is 2.90. The molecule has 3 N–H and O–H groups in total. The van der Waals surface area contributed by atoms with E-state index in [4.69, 9.17) is 4.74 Å². The van der Waals surface area contributed by atoms with Gasteiger partial charge in [-0.3, -0.25) is 14.4 Å². The van der Waals surface area contributed by atoms with Crippen LogP contribution < -0.4 is 10.6 Å². The van der Waals surface area contributed by atoms with Crippen molar-refractivity contribution in [3.63, 3.8) is 0 Å². The number of β-amino-alcohol motifs (C(OH)–C–C–N with tert-alkyl or cyclic N) is 1. The van der Waals surface area contributed by atoms with Gasteiger partial charge in [-0.1, -0.05) is 34.1 Å². The second kappa shape index (κ2) is 7.62. The van der Waals surface area contributed by atoms with E-state index < -0.39 is 29.6 Å². The van der Waals surface area contributed by atoms with E-state index in [0.29, 0.717) is 12.1 Å². The number of aliphatic hydroxyl groups is 1. The molecule has 3 saturated heterocycles. The van der Waals surface area contributed by atoms with Crippen LogP contribution in [0.2, 0.25) is 0 Å². The molecule has 3 unspecified atom stereocenters. The third-order valence-corrected chi connectivity index (χ3v) is 7.50. The molecule has 8 nitrogen and oxygen atoms in total. The molecule has 0 aromatic heterocycles. The summed E-state index contributed by atoms with van der Waals surface area (Å²) < 4.78 is 6.30. The van der Waals surface area contributed by atoms with Crippen molar-refractivity contribution in [2.45, 2.75) is 42.8 Å². The summed E-state index contributed by atoms with van der Waals surface area (Å²) in [7, 11) is 1.53. The summed E-state index contributed by atoms with van der Waals surface area (Å²) >= 11 is 3.59. The maximum atomic E-state index is 13.5. The topological polar surface area (TPSA) is 108 Å². The molecule has 0 saturated carbocycles. The van der Waals surface area contributed by atoms with Gasteiger partial charge >= 0.3 is 0 Å². The highest BCUT2D eigenvalue weighted by molar-refractivity contribution is 9.09. The number of anilines is 1. The number of aryl methyl sites for hydroxylation is 2. The Hall–Kier alpha value is -1.97. The van der Waals surface area contributed by atoms with Gasteiger partial charge in [0.1, 0.15) is 11.6 Å². The first-order valence-corrected chi connectivity index (χ1v) is 11.0. The van der Waals surface area contributed by atoms with E-state index in [1.54, 1.807) is 0 Å². The van der Waals surface area contributed by atoms with Gasteiger partial charge in [-0.15, -0.1) is 0 Å². The number of likely N-dealkylation sites (tertiary alicyclic amines) is 1. The number of carbonyl (C=O) groups excluding carboxylic acids is 3. The molecule has 0 radical (unpaired) electrons. The molecule has 9 heteroatoms. The smallest absolute Gasteiger partial charge is 0.250 e. The Morgan fingerprint density at radius 3 is 2.57 bits per heavy atom. The first-order valence-electron chi connectivity index (χ1n) is 10.1. The lowest BCUT2D eigenvalue weighted by Crippen LogP contribution is -2.54. The van der Waals surface area contributed by atoms with Crippen molar-refractivity contribution in [1.82, 2.24) is 10.2 Å². The van der Waals surface area contributed by atoms with Gasteiger partial charge in [0.2, 0.25) is 17.7 Å². The molecule has 1 spiro atoms. The number of carbonyl (C=O) groups is 3. The Morgan fingerprint density at radius 2 is 1.97 bits per heavy atom. The van der Waals surface area contributed by atoms with Crippen molar-refractivity contribution in [3.8, 4) is 0 Å². The first-order chi connectivity index (χ1) is 14.3. The van der Waals surface area contributed by atoms with Crippen molar-refractivity contribution in [2.24, 2.45) is 11.8 Å². The van der Waals surface area contributed by atoms with Crippen molar-refractivity contribution < 1.29 is 24.2 Å². The van der Waals surface area contributed by atoms with E-state index in [0.717, 1.165) is 11.1 Å². The molecule has 4 rings (SSSR count). The van der Waals surface area contributed by atoms with Crippen LogP contribution in [0.25, 0.3) is 0 Å². The average molecular weight is 480 g/mol. The lowest BCUT2D eigenvalue weighted by Gasteiger charge is -2.34. The molecule has 3 amide bonds. The van der Waals surface area contributed by atoms with Crippen molar-refractivity contribution in [2.75, 3.05) is 25.5 Å². The second-order valence-corrected chi connectivity index (χ2v) is 9.47. The molecule has 6 atom stereocenters. The van der Waals surface area contributed by atoms with Gasteiger partial charge < -0.3 is 25.4 Å². The lowest BCUT2D eigenvalue weighted by atomic mass is 9.70. The predicted octanol–water partition coefficient (Wildman–Crippen LogP) is 0.728. The molecule has 1 aromatic carbocycles. The summed E-state index contributed by atoms with van der Waals surface area (Å²) in [5.41, 5.74) is 1.41. The number of alkyl halides is 1. The molecule has 30 heavy (non-hydrogen) atoms. The molecule has 3 heterocycles. The maximum Gasteiger partial charge on any atom is 0.250 e. The van der Waals surface area contributed by atoms with Crippen LogP contribution in [0.1, 0.15) is 17.5 Å². The predicted molar refractivity (Wildman–Crippen MR) is 113 cm³/mol. The highest BCUT2D eigenvalue weighted by Crippen LogP contribution is 2.60. The Bertz CT molecular complexity index is 888. The molecule has 2 bridgehead atoms. The number of hydrogen-bond donors (Lipinski definition) is 3. The molecule has 3 aliphatic heterocycles. The van der Waals surface area contributed by atoms with Crippen LogP contribution in [0.3, 0.4) is 0 Å². The minimum atomic E-state index is -1.11. The largest absolute Gasteiger partial charge is 0.395 e. The van der Waals surface area contributed by atoms with Crippen LogP contribution in [-0.2, 0) is 19.1 Å². The minimum absolute atomic E-state index is 0.00334. The summed E-state index contributed by atoms with van der Waals surface area (Å²) in [5.74, 6) is -2.39. The summed E-state index contributed by atoms with van der Waals surface area (Å²) in [6, 6.07) is 4.80. The quantitative estimate of drug-likeness (QED) is 0.539. The molecule has 1 aromatic rings. The number of hydrogen-bond acceptors (Lipinski definition) is 5. The van der Waals surface area contributed by atoms with Crippen molar-refractivity contribution >= 4 is 39.3 Å². The number of halogens is 1. The zero-order valence-corrected chi connectivity index (χ0v) is 18.7. The van der Waals surface area contributed by atoms with Crippen LogP contribution in [-0.4, -0.2) is 70.5 Å². The van der Waals surface area contributed by atoms with Crippen molar-refractivity contribution in [1.29, 1.82) is 0 Å². The van der Waals surface area contributed by atoms with Crippen LogP contribution in [0, 0.1) is 25.7 Å². The van der Waals surface area contributed by atoms with Crippen molar-refractivity contribution in [3.05, 3.63) is 29.3 Å². The fourth-order valence-electron chi connectivity index (χ4n) is 5.45.